The second kappa shape index (κ2) is 4.95. The normalized spacial score (nSPS) is 42.4. The fourth-order valence-corrected chi connectivity index (χ4v) is 5.49. The van der Waals surface area contributed by atoms with Gasteiger partial charge in [-0.05, 0) is 43.1 Å². The lowest BCUT2D eigenvalue weighted by atomic mass is 9.49. The Morgan fingerprint density at radius 2 is 1.81 bits per heavy atom. The minimum absolute atomic E-state index is 0.0819. The quantitative estimate of drug-likeness (QED) is 0.854. The first-order valence-electron chi connectivity index (χ1n) is 8.53. The number of rotatable bonds is 1. The van der Waals surface area contributed by atoms with Crippen molar-refractivity contribution in [3.63, 3.8) is 0 Å². The highest BCUT2D eigenvalue weighted by Crippen LogP contribution is 2.57. The third-order valence-corrected chi connectivity index (χ3v) is 6.36. The minimum atomic E-state index is -0.729. The predicted molar refractivity (Wildman–Crippen MR) is 81.9 cm³/mol. The Balaban J connectivity index is 1.82. The second-order valence-corrected chi connectivity index (χ2v) is 7.27. The summed E-state index contributed by atoms with van der Waals surface area (Å²) >= 11 is 0. The molecule has 0 radical (unpaired) electrons. The maximum absolute atomic E-state index is 12.9. The van der Waals surface area contributed by atoms with Crippen LogP contribution in [0.5, 0.6) is 0 Å². The van der Waals surface area contributed by atoms with Crippen molar-refractivity contribution in [1.82, 2.24) is 0 Å². The molecule has 1 N–H and O–H groups in total. The molecule has 3 aliphatic carbocycles. The van der Waals surface area contributed by atoms with Crippen LogP contribution < -0.4 is 0 Å². The standard InChI is InChI=1S/C19H24O2/c20-18-14-9-6-11-16(18)19(21)12-5-4-10-15(19)17(14)13-7-2-1-3-8-13/h1-3,7-8,14-17,21H,4-6,9-12H2/t14-,15-,16-,17+,19-/m1/s1. The number of ketones is 1. The highest BCUT2D eigenvalue weighted by atomic mass is 16.3. The Labute approximate surface area is 126 Å². The first-order valence-corrected chi connectivity index (χ1v) is 8.53. The molecule has 1 aromatic rings. The summed E-state index contributed by atoms with van der Waals surface area (Å²) in [6.07, 6.45) is 7.19. The largest absolute Gasteiger partial charge is 0.389 e. The molecule has 2 bridgehead atoms. The average molecular weight is 284 g/mol. The zero-order valence-corrected chi connectivity index (χ0v) is 12.5. The second-order valence-electron chi connectivity index (χ2n) is 7.27. The first-order chi connectivity index (χ1) is 10.2. The lowest BCUT2D eigenvalue weighted by molar-refractivity contribution is -0.172. The SMILES string of the molecule is O=C1[C@H]2CCC[C@@H]1[C@H](c1ccccc1)[C@H]1CCCC[C@]21O. The molecule has 3 saturated carbocycles. The van der Waals surface area contributed by atoms with Gasteiger partial charge >= 0.3 is 0 Å². The van der Waals surface area contributed by atoms with Crippen molar-refractivity contribution < 1.29 is 9.90 Å². The third kappa shape index (κ3) is 1.92. The molecule has 112 valence electrons. The summed E-state index contributed by atoms with van der Waals surface area (Å²) in [6, 6.07) is 10.5. The molecule has 0 spiro atoms. The summed E-state index contributed by atoms with van der Waals surface area (Å²) in [5.41, 5.74) is 0.536. The predicted octanol–water partition coefficient (Wildman–Crippen LogP) is 3.69. The van der Waals surface area contributed by atoms with Gasteiger partial charge in [0, 0.05) is 11.8 Å². The third-order valence-electron chi connectivity index (χ3n) is 6.36. The van der Waals surface area contributed by atoms with E-state index in [0.29, 0.717) is 5.78 Å². The van der Waals surface area contributed by atoms with E-state index in [2.05, 4.69) is 24.3 Å². The van der Waals surface area contributed by atoms with E-state index in [9.17, 15) is 9.90 Å². The van der Waals surface area contributed by atoms with Crippen LogP contribution in [0.4, 0.5) is 0 Å². The van der Waals surface area contributed by atoms with Gasteiger partial charge in [0.1, 0.15) is 5.78 Å². The van der Waals surface area contributed by atoms with E-state index in [4.69, 9.17) is 0 Å². The number of carbonyl (C=O) groups excluding carboxylic acids is 1. The molecular formula is C19H24O2. The average Bonchev–Trinajstić information content (AvgIpc) is 2.50. The first kappa shape index (κ1) is 13.5. The van der Waals surface area contributed by atoms with Crippen LogP contribution in [0.15, 0.2) is 30.3 Å². The number of aliphatic hydroxyl groups is 1. The highest BCUT2D eigenvalue weighted by molar-refractivity contribution is 5.87. The molecular weight excluding hydrogens is 260 g/mol. The lowest BCUT2D eigenvalue weighted by Crippen LogP contribution is -2.60. The van der Waals surface area contributed by atoms with Crippen LogP contribution in [0.25, 0.3) is 0 Å². The van der Waals surface area contributed by atoms with E-state index in [1.807, 2.05) is 6.07 Å². The van der Waals surface area contributed by atoms with E-state index >= 15 is 0 Å². The Hall–Kier alpha value is -1.15. The Bertz CT molecular complexity index is 538. The zero-order valence-electron chi connectivity index (χ0n) is 12.5. The number of fused-ring (bicyclic) bond motifs is 4. The van der Waals surface area contributed by atoms with E-state index in [1.54, 1.807) is 0 Å². The summed E-state index contributed by atoms with van der Waals surface area (Å²) in [4.78, 5) is 12.9. The van der Waals surface area contributed by atoms with E-state index < -0.39 is 5.60 Å². The van der Waals surface area contributed by atoms with Crippen molar-refractivity contribution >= 4 is 5.78 Å². The van der Waals surface area contributed by atoms with Crippen LogP contribution in [-0.4, -0.2) is 16.5 Å². The van der Waals surface area contributed by atoms with Crippen molar-refractivity contribution in [2.24, 2.45) is 17.8 Å². The Morgan fingerprint density at radius 3 is 2.62 bits per heavy atom. The number of hydrogen-bond donors (Lipinski definition) is 1. The monoisotopic (exact) mass is 284 g/mol. The highest BCUT2D eigenvalue weighted by Gasteiger charge is 2.59. The molecule has 0 aromatic heterocycles. The van der Waals surface area contributed by atoms with E-state index in [1.165, 1.54) is 12.0 Å². The number of carbonyl (C=O) groups is 1. The number of Topliss-reactive ketones (excluding diaryl/α,β-unsaturated/α-hetero) is 1. The smallest absolute Gasteiger partial charge is 0.142 e. The summed E-state index contributed by atoms with van der Waals surface area (Å²) in [6.45, 7) is 0. The minimum Gasteiger partial charge on any atom is -0.389 e. The van der Waals surface area contributed by atoms with Gasteiger partial charge in [-0.25, -0.2) is 0 Å². The molecule has 3 aliphatic rings. The zero-order chi connectivity index (χ0) is 14.4. The van der Waals surface area contributed by atoms with Gasteiger partial charge in [-0.1, -0.05) is 49.6 Å². The molecule has 0 heterocycles. The van der Waals surface area contributed by atoms with Gasteiger partial charge in [0.05, 0.1) is 5.60 Å². The van der Waals surface area contributed by atoms with Crippen LogP contribution in [0.1, 0.15) is 56.4 Å². The van der Waals surface area contributed by atoms with Crippen LogP contribution in [0, 0.1) is 17.8 Å². The summed E-state index contributed by atoms with van der Waals surface area (Å²) in [5, 5.41) is 11.4. The van der Waals surface area contributed by atoms with Gasteiger partial charge in [0.15, 0.2) is 0 Å². The van der Waals surface area contributed by atoms with Gasteiger partial charge in [0.25, 0.3) is 0 Å². The molecule has 0 unspecified atom stereocenters. The van der Waals surface area contributed by atoms with E-state index in [-0.39, 0.29) is 23.7 Å². The number of hydrogen-bond acceptors (Lipinski definition) is 2. The molecule has 4 rings (SSSR count). The summed E-state index contributed by atoms with van der Waals surface area (Å²) in [5.74, 6) is 0.939. The fraction of sp³-hybridized carbons (Fsp3) is 0.632. The summed E-state index contributed by atoms with van der Waals surface area (Å²) < 4.78 is 0. The topological polar surface area (TPSA) is 37.3 Å². The maximum Gasteiger partial charge on any atom is 0.142 e. The van der Waals surface area contributed by atoms with Crippen molar-refractivity contribution in [2.45, 2.75) is 56.5 Å². The summed E-state index contributed by atoms with van der Waals surface area (Å²) in [7, 11) is 0. The molecule has 0 amide bonds. The van der Waals surface area contributed by atoms with Crippen molar-refractivity contribution in [3.05, 3.63) is 35.9 Å². The van der Waals surface area contributed by atoms with Crippen molar-refractivity contribution in [3.8, 4) is 0 Å². The Morgan fingerprint density at radius 1 is 1.00 bits per heavy atom. The van der Waals surface area contributed by atoms with E-state index in [0.717, 1.165) is 38.5 Å². The van der Waals surface area contributed by atoms with Gasteiger partial charge in [-0.15, -0.1) is 0 Å². The van der Waals surface area contributed by atoms with Crippen LogP contribution >= 0.6 is 0 Å². The van der Waals surface area contributed by atoms with Crippen LogP contribution in [-0.2, 0) is 4.79 Å². The van der Waals surface area contributed by atoms with Gasteiger partial charge < -0.3 is 5.11 Å². The molecule has 5 atom stereocenters. The molecule has 0 aliphatic heterocycles. The molecule has 0 saturated heterocycles. The van der Waals surface area contributed by atoms with Crippen LogP contribution in [0.2, 0.25) is 0 Å². The molecule has 2 nitrogen and oxygen atoms in total. The van der Waals surface area contributed by atoms with Gasteiger partial charge in [0.2, 0.25) is 0 Å². The van der Waals surface area contributed by atoms with Crippen molar-refractivity contribution in [2.75, 3.05) is 0 Å². The molecule has 2 heteroatoms. The van der Waals surface area contributed by atoms with Crippen molar-refractivity contribution in [1.29, 1.82) is 0 Å². The molecule has 1 aromatic carbocycles. The fourth-order valence-electron chi connectivity index (χ4n) is 5.49. The lowest BCUT2D eigenvalue weighted by Gasteiger charge is -2.56. The van der Waals surface area contributed by atoms with Gasteiger partial charge in [-0.3, -0.25) is 4.79 Å². The maximum atomic E-state index is 12.9. The van der Waals surface area contributed by atoms with Crippen LogP contribution in [0.3, 0.4) is 0 Å². The number of benzene rings is 1. The molecule has 21 heavy (non-hydrogen) atoms. The molecule has 3 fully saturated rings. The Kier molecular flexibility index (Phi) is 3.18. The van der Waals surface area contributed by atoms with Gasteiger partial charge in [-0.2, -0.15) is 0 Å².